The normalized spacial score (nSPS) is 15.5. The predicted molar refractivity (Wildman–Crippen MR) is 105 cm³/mol. The Morgan fingerprint density at radius 1 is 1.27 bits per heavy atom. The number of unbranched alkanes of at least 4 members (excludes halogenated alkanes) is 2. The van der Waals surface area contributed by atoms with Crippen LogP contribution in [0.15, 0.2) is 41.8 Å². The number of rotatable bonds is 10. The summed E-state index contributed by atoms with van der Waals surface area (Å²) in [6, 6.07) is 7.44. The molecule has 0 radical (unpaired) electrons. The third-order valence-electron chi connectivity index (χ3n) is 3.68. The van der Waals surface area contributed by atoms with Gasteiger partial charge in [0, 0.05) is 12.5 Å². The molecule has 0 aromatic heterocycles. The molecule has 0 bridgehead atoms. The number of hydrogen-bond donors (Lipinski definition) is 0. The quantitative estimate of drug-likeness (QED) is 0.265. The number of thioether (sulfide) groups is 1. The molecule has 1 aromatic rings. The molecule has 1 aliphatic heterocycles. The van der Waals surface area contributed by atoms with E-state index in [0.717, 1.165) is 17.7 Å². The lowest BCUT2D eigenvalue weighted by atomic mass is 10.2. The average Bonchev–Trinajstić information content (AvgIpc) is 2.87. The Labute approximate surface area is 162 Å². The fourth-order valence-electron chi connectivity index (χ4n) is 2.38. The summed E-state index contributed by atoms with van der Waals surface area (Å²) in [6.07, 6.45) is 5.52. The number of thiocarbonyl (C=S) groups is 1. The highest BCUT2D eigenvalue weighted by Gasteiger charge is 2.31. The SMILES string of the molecule is C=CCOc1ccc(/C=C2\SC(=S)N(CCCCCC(=O)[O-])C2=O)cc1. The molecular weight excluding hydrogens is 370 g/mol. The Bertz CT molecular complexity index is 713. The monoisotopic (exact) mass is 390 g/mol. The van der Waals surface area contributed by atoms with Crippen molar-refractivity contribution in [2.45, 2.75) is 25.7 Å². The van der Waals surface area contributed by atoms with Gasteiger partial charge in [-0.1, -0.05) is 55.2 Å². The van der Waals surface area contributed by atoms with E-state index in [1.807, 2.05) is 30.3 Å². The van der Waals surface area contributed by atoms with Crippen LogP contribution in [0.1, 0.15) is 31.2 Å². The Morgan fingerprint density at radius 2 is 2.00 bits per heavy atom. The molecule has 0 unspecified atom stereocenters. The Balaban J connectivity index is 1.91. The fourth-order valence-corrected chi connectivity index (χ4v) is 3.68. The van der Waals surface area contributed by atoms with Crippen LogP contribution in [-0.2, 0) is 9.59 Å². The number of ether oxygens (including phenoxy) is 1. The molecule has 5 nitrogen and oxygen atoms in total. The number of amides is 1. The molecule has 0 atom stereocenters. The van der Waals surface area contributed by atoms with Crippen LogP contribution >= 0.6 is 24.0 Å². The number of carboxylic acid groups (broad SMARTS) is 1. The average molecular weight is 391 g/mol. The second-order valence-electron chi connectivity index (χ2n) is 5.68. The lowest BCUT2D eigenvalue weighted by Gasteiger charge is -2.14. The van der Waals surface area contributed by atoms with Crippen LogP contribution in [0.3, 0.4) is 0 Å². The van der Waals surface area contributed by atoms with Gasteiger partial charge in [0.25, 0.3) is 5.91 Å². The van der Waals surface area contributed by atoms with Crippen LogP contribution < -0.4 is 9.84 Å². The van der Waals surface area contributed by atoms with Gasteiger partial charge in [-0.05, 0) is 43.0 Å². The maximum Gasteiger partial charge on any atom is 0.266 e. The number of hydrogen-bond acceptors (Lipinski definition) is 6. The Kier molecular flexibility index (Phi) is 7.87. The van der Waals surface area contributed by atoms with Gasteiger partial charge in [0.05, 0.1) is 4.91 Å². The lowest BCUT2D eigenvalue weighted by molar-refractivity contribution is -0.305. The number of aliphatic carboxylic acids is 1. The topological polar surface area (TPSA) is 69.7 Å². The van der Waals surface area contributed by atoms with E-state index in [-0.39, 0.29) is 12.3 Å². The fraction of sp³-hybridized carbons (Fsp3) is 0.316. The second-order valence-corrected chi connectivity index (χ2v) is 7.36. The van der Waals surface area contributed by atoms with Gasteiger partial charge < -0.3 is 14.6 Å². The van der Waals surface area contributed by atoms with Crippen molar-refractivity contribution in [1.82, 2.24) is 4.90 Å². The molecular formula is C19H20NO4S2-. The van der Waals surface area contributed by atoms with E-state index in [1.165, 1.54) is 11.8 Å². The zero-order valence-corrected chi connectivity index (χ0v) is 15.9. The standard InChI is InChI=1S/C19H21NO4S2/c1-2-12-24-15-9-7-14(8-10-15)13-16-18(23)20(19(25)26-16)11-5-3-4-6-17(21)22/h2,7-10,13H,1,3-6,11-12H2,(H,21,22)/p-1/b16-13-. The minimum absolute atomic E-state index is 0.0464. The molecule has 1 heterocycles. The van der Waals surface area contributed by atoms with E-state index in [9.17, 15) is 14.7 Å². The van der Waals surface area contributed by atoms with Gasteiger partial charge in [-0.3, -0.25) is 9.69 Å². The molecule has 7 heteroatoms. The summed E-state index contributed by atoms with van der Waals surface area (Å²) in [4.78, 5) is 25.1. The highest BCUT2D eigenvalue weighted by atomic mass is 32.2. The largest absolute Gasteiger partial charge is 0.550 e. The summed E-state index contributed by atoms with van der Waals surface area (Å²) in [6.45, 7) is 4.55. The van der Waals surface area contributed by atoms with E-state index >= 15 is 0 Å². The molecule has 2 rings (SSSR count). The first-order chi connectivity index (χ1) is 12.5. The van der Waals surface area contributed by atoms with E-state index < -0.39 is 5.97 Å². The van der Waals surface area contributed by atoms with Crippen molar-refractivity contribution in [2.75, 3.05) is 13.2 Å². The van der Waals surface area contributed by atoms with Gasteiger partial charge >= 0.3 is 0 Å². The van der Waals surface area contributed by atoms with Crippen LogP contribution in [0.2, 0.25) is 0 Å². The first-order valence-corrected chi connectivity index (χ1v) is 9.52. The number of nitrogens with zero attached hydrogens (tertiary/aromatic N) is 1. The van der Waals surface area contributed by atoms with Gasteiger partial charge in [0.15, 0.2) is 0 Å². The predicted octanol–water partition coefficient (Wildman–Crippen LogP) is 2.76. The summed E-state index contributed by atoms with van der Waals surface area (Å²) in [5.74, 6) is -0.405. The van der Waals surface area contributed by atoms with E-state index in [0.29, 0.717) is 35.2 Å². The van der Waals surface area contributed by atoms with Crippen LogP contribution in [0.4, 0.5) is 0 Å². The summed E-state index contributed by atoms with van der Waals surface area (Å²) < 4.78 is 5.97. The molecule has 0 saturated carbocycles. The van der Waals surface area contributed by atoms with Crippen LogP contribution in [0, 0.1) is 0 Å². The zero-order valence-electron chi connectivity index (χ0n) is 14.3. The minimum atomic E-state index is -1.04. The molecule has 0 N–H and O–H groups in total. The van der Waals surface area contributed by atoms with Crippen molar-refractivity contribution in [3.8, 4) is 5.75 Å². The zero-order chi connectivity index (χ0) is 18.9. The number of carbonyl (C=O) groups is 2. The third kappa shape index (κ3) is 6.00. The number of carboxylic acids is 1. The van der Waals surface area contributed by atoms with Crippen molar-refractivity contribution < 1.29 is 19.4 Å². The van der Waals surface area contributed by atoms with Crippen molar-refractivity contribution in [1.29, 1.82) is 0 Å². The third-order valence-corrected chi connectivity index (χ3v) is 5.06. The molecule has 0 aliphatic carbocycles. The molecule has 1 fully saturated rings. The minimum Gasteiger partial charge on any atom is -0.550 e. The Morgan fingerprint density at radius 3 is 2.65 bits per heavy atom. The number of benzene rings is 1. The first kappa shape index (κ1) is 20.2. The van der Waals surface area contributed by atoms with Crippen LogP contribution in [-0.4, -0.2) is 34.2 Å². The Hall–Kier alpha value is -2.12. The molecule has 1 saturated heterocycles. The smallest absolute Gasteiger partial charge is 0.266 e. The first-order valence-electron chi connectivity index (χ1n) is 8.30. The van der Waals surface area contributed by atoms with Gasteiger partial charge in [-0.15, -0.1) is 0 Å². The maximum absolute atomic E-state index is 12.5. The van der Waals surface area contributed by atoms with Crippen molar-refractivity contribution >= 4 is 46.3 Å². The maximum atomic E-state index is 12.5. The van der Waals surface area contributed by atoms with Gasteiger partial charge in [0.2, 0.25) is 0 Å². The summed E-state index contributed by atoms with van der Waals surface area (Å²) in [7, 11) is 0. The molecule has 1 amide bonds. The van der Waals surface area contributed by atoms with Crippen molar-refractivity contribution in [3.05, 3.63) is 47.4 Å². The summed E-state index contributed by atoms with van der Waals surface area (Å²) >= 11 is 6.58. The molecule has 0 spiro atoms. The summed E-state index contributed by atoms with van der Waals surface area (Å²) in [5.41, 5.74) is 0.894. The lowest BCUT2D eigenvalue weighted by Crippen LogP contribution is -2.29. The second kappa shape index (κ2) is 10.1. The van der Waals surface area contributed by atoms with Gasteiger partial charge in [-0.25, -0.2) is 0 Å². The highest BCUT2D eigenvalue weighted by molar-refractivity contribution is 8.26. The van der Waals surface area contributed by atoms with E-state index in [1.54, 1.807) is 11.0 Å². The van der Waals surface area contributed by atoms with Gasteiger partial charge in [-0.2, -0.15) is 0 Å². The van der Waals surface area contributed by atoms with Crippen molar-refractivity contribution in [2.24, 2.45) is 0 Å². The van der Waals surface area contributed by atoms with E-state index in [2.05, 4.69) is 6.58 Å². The van der Waals surface area contributed by atoms with E-state index in [4.69, 9.17) is 17.0 Å². The van der Waals surface area contributed by atoms with Crippen LogP contribution in [0.25, 0.3) is 6.08 Å². The molecule has 26 heavy (non-hydrogen) atoms. The van der Waals surface area contributed by atoms with Crippen LogP contribution in [0.5, 0.6) is 5.75 Å². The van der Waals surface area contributed by atoms with Crippen molar-refractivity contribution in [3.63, 3.8) is 0 Å². The summed E-state index contributed by atoms with van der Waals surface area (Å²) in [5, 5.41) is 10.4. The molecule has 1 aromatic carbocycles. The van der Waals surface area contributed by atoms with Gasteiger partial charge in [0.1, 0.15) is 16.7 Å². The highest BCUT2D eigenvalue weighted by Crippen LogP contribution is 2.33. The molecule has 1 aliphatic rings. The number of carbonyl (C=O) groups excluding carboxylic acids is 2. The molecule has 138 valence electrons.